The Hall–Kier alpha value is -1.92. The molecule has 0 aliphatic carbocycles. The fourth-order valence-corrected chi connectivity index (χ4v) is 4.16. The van der Waals surface area contributed by atoms with Crippen LogP contribution in [-0.4, -0.2) is 40.3 Å². The number of fused-ring (bicyclic) bond motifs is 2. The van der Waals surface area contributed by atoms with Crippen molar-refractivity contribution in [1.82, 2.24) is 9.88 Å². The number of aromatic nitrogens is 1. The van der Waals surface area contributed by atoms with E-state index >= 15 is 0 Å². The highest BCUT2D eigenvalue weighted by molar-refractivity contribution is 5.57. The summed E-state index contributed by atoms with van der Waals surface area (Å²) in [7, 11) is 1.55. The summed E-state index contributed by atoms with van der Waals surface area (Å²) in [6, 6.07) is 5.35. The van der Waals surface area contributed by atoms with Crippen molar-refractivity contribution in [2.45, 2.75) is 57.3 Å². The number of rotatable bonds is 4. The largest absolute Gasteiger partial charge is 0.497 e. The topological polar surface area (TPSA) is 58.7 Å². The maximum Gasteiger partial charge on any atom is 0.229 e. The molecule has 0 radical (unpaired) electrons. The summed E-state index contributed by atoms with van der Waals surface area (Å²) >= 11 is 0. The SMILES string of the molecule is COc1ccc(F)c(-c2nc(CN3[C@@H]4CC[C@H]3CC(O)C4)c(C)o2)c1. The average Bonchev–Trinajstić information content (AvgIpc) is 3.06. The molecule has 3 atom stereocenters. The molecular weight excluding hydrogens is 323 g/mol. The minimum Gasteiger partial charge on any atom is -0.497 e. The van der Waals surface area contributed by atoms with Gasteiger partial charge in [0.15, 0.2) is 0 Å². The number of ether oxygens (including phenoxy) is 1. The Labute approximate surface area is 146 Å². The first-order valence-electron chi connectivity index (χ1n) is 8.79. The summed E-state index contributed by atoms with van der Waals surface area (Å²) in [6.45, 7) is 2.55. The van der Waals surface area contributed by atoms with Crippen molar-refractivity contribution in [1.29, 1.82) is 0 Å². The van der Waals surface area contributed by atoms with Gasteiger partial charge in [-0.05, 0) is 50.8 Å². The predicted octanol–water partition coefficient (Wildman–Crippen LogP) is 3.29. The second-order valence-corrected chi connectivity index (χ2v) is 7.05. The van der Waals surface area contributed by atoms with Gasteiger partial charge in [-0.15, -0.1) is 0 Å². The molecule has 1 aromatic heterocycles. The van der Waals surface area contributed by atoms with Crippen LogP contribution in [0.2, 0.25) is 0 Å². The van der Waals surface area contributed by atoms with Gasteiger partial charge < -0.3 is 14.3 Å². The molecular formula is C19H23FN2O3. The van der Waals surface area contributed by atoms with Crippen molar-refractivity contribution >= 4 is 0 Å². The van der Waals surface area contributed by atoms with Crippen LogP contribution in [0.15, 0.2) is 22.6 Å². The van der Waals surface area contributed by atoms with Crippen molar-refractivity contribution in [3.63, 3.8) is 0 Å². The van der Waals surface area contributed by atoms with E-state index in [2.05, 4.69) is 9.88 Å². The zero-order valence-corrected chi connectivity index (χ0v) is 14.5. The van der Waals surface area contributed by atoms with Gasteiger partial charge in [-0.2, -0.15) is 0 Å². The lowest BCUT2D eigenvalue weighted by Crippen LogP contribution is -2.44. The molecule has 2 saturated heterocycles. The Bertz CT molecular complexity index is 762. The minimum absolute atomic E-state index is 0.186. The molecule has 2 aromatic rings. The smallest absolute Gasteiger partial charge is 0.229 e. The maximum absolute atomic E-state index is 14.2. The van der Waals surface area contributed by atoms with Gasteiger partial charge in [-0.1, -0.05) is 0 Å². The summed E-state index contributed by atoms with van der Waals surface area (Å²) < 4.78 is 25.1. The Morgan fingerprint density at radius 2 is 2.04 bits per heavy atom. The van der Waals surface area contributed by atoms with Gasteiger partial charge in [0.25, 0.3) is 0 Å². The van der Waals surface area contributed by atoms with Crippen LogP contribution >= 0.6 is 0 Å². The third-order valence-corrected chi connectivity index (χ3v) is 5.49. The van der Waals surface area contributed by atoms with E-state index in [9.17, 15) is 9.50 Å². The fraction of sp³-hybridized carbons (Fsp3) is 0.526. The molecule has 2 fully saturated rings. The van der Waals surface area contributed by atoms with Crippen molar-refractivity contribution in [3.8, 4) is 17.2 Å². The molecule has 0 amide bonds. The summed E-state index contributed by atoms with van der Waals surface area (Å²) in [5, 5.41) is 9.95. The molecule has 4 rings (SSSR count). The van der Waals surface area contributed by atoms with Crippen LogP contribution in [0.5, 0.6) is 5.75 Å². The Kier molecular flexibility index (Phi) is 4.25. The lowest BCUT2D eigenvalue weighted by molar-refractivity contribution is 0.0302. The summed E-state index contributed by atoms with van der Waals surface area (Å²) in [5.41, 5.74) is 1.15. The van der Waals surface area contributed by atoms with Crippen molar-refractivity contribution in [2.24, 2.45) is 0 Å². The number of halogens is 1. The van der Waals surface area contributed by atoms with Gasteiger partial charge >= 0.3 is 0 Å². The fourth-order valence-electron chi connectivity index (χ4n) is 4.16. The molecule has 3 heterocycles. The molecule has 5 nitrogen and oxygen atoms in total. The van der Waals surface area contributed by atoms with Crippen LogP contribution in [0.3, 0.4) is 0 Å². The van der Waals surface area contributed by atoms with Gasteiger partial charge in [0.05, 0.1) is 24.5 Å². The van der Waals surface area contributed by atoms with Crippen LogP contribution in [-0.2, 0) is 6.54 Å². The summed E-state index contributed by atoms with van der Waals surface area (Å²) in [6.07, 6.45) is 3.70. The zero-order chi connectivity index (χ0) is 17.6. The van der Waals surface area contributed by atoms with Gasteiger partial charge in [0.2, 0.25) is 5.89 Å². The molecule has 6 heteroatoms. The quantitative estimate of drug-likeness (QED) is 0.921. The molecule has 1 N–H and O–H groups in total. The van der Waals surface area contributed by atoms with E-state index in [1.54, 1.807) is 19.2 Å². The first kappa shape index (κ1) is 16.5. The average molecular weight is 346 g/mol. The number of piperidine rings is 1. The normalized spacial score (nSPS) is 26.2. The highest BCUT2D eigenvalue weighted by Gasteiger charge is 2.40. The van der Waals surface area contributed by atoms with Gasteiger partial charge in [0, 0.05) is 18.6 Å². The number of aliphatic hydroxyl groups excluding tert-OH is 1. The van der Waals surface area contributed by atoms with Gasteiger partial charge in [-0.3, -0.25) is 4.90 Å². The number of nitrogens with zero attached hydrogens (tertiary/aromatic N) is 2. The molecule has 1 unspecified atom stereocenters. The first-order chi connectivity index (χ1) is 12.0. The van der Waals surface area contributed by atoms with Crippen LogP contribution in [0, 0.1) is 12.7 Å². The molecule has 134 valence electrons. The second-order valence-electron chi connectivity index (χ2n) is 7.05. The third-order valence-electron chi connectivity index (χ3n) is 5.49. The van der Waals surface area contributed by atoms with Crippen LogP contribution in [0.1, 0.15) is 37.1 Å². The van der Waals surface area contributed by atoms with Gasteiger partial charge in [-0.25, -0.2) is 9.37 Å². The predicted molar refractivity (Wildman–Crippen MR) is 90.8 cm³/mol. The van der Waals surface area contributed by atoms with E-state index in [0.29, 0.717) is 35.7 Å². The Morgan fingerprint density at radius 1 is 1.32 bits per heavy atom. The maximum atomic E-state index is 14.2. The summed E-state index contributed by atoms with van der Waals surface area (Å²) in [5.74, 6) is 1.18. The van der Waals surface area contributed by atoms with Crippen molar-refractivity contribution < 1.29 is 18.7 Å². The molecule has 0 saturated carbocycles. The number of oxazole rings is 1. The number of benzene rings is 1. The van der Waals surface area contributed by atoms with E-state index in [1.807, 2.05) is 6.92 Å². The Morgan fingerprint density at radius 3 is 2.72 bits per heavy atom. The molecule has 0 spiro atoms. The van der Waals surface area contributed by atoms with Crippen molar-refractivity contribution in [2.75, 3.05) is 7.11 Å². The highest BCUT2D eigenvalue weighted by atomic mass is 19.1. The Balaban J connectivity index is 1.59. The summed E-state index contributed by atoms with van der Waals surface area (Å²) in [4.78, 5) is 6.98. The monoisotopic (exact) mass is 346 g/mol. The van der Waals surface area contributed by atoms with Crippen molar-refractivity contribution in [3.05, 3.63) is 35.5 Å². The number of aryl methyl sites for hydroxylation is 1. The minimum atomic E-state index is -0.380. The number of methoxy groups -OCH3 is 1. The third kappa shape index (κ3) is 3.04. The molecule has 2 bridgehead atoms. The lowest BCUT2D eigenvalue weighted by atomic mass is 9.99. The van der Waals surface area contributed by atoms with E-state index in [0.717, 1.165) is 31.4 Å². The lowest BCUT2D eigenvalue weighted by Gasteiger charge is -2.36. The molecule has 2 aliphatic heterocycles. The van der Waals surface area contributed by atoms with E-state index in [-0.39, 0.29) is 17.8 Å². The van der Waals surface area contributed by atoms with E-state index < -0.39 is 0 Å². The first-order valence-corrected chi connectivity index (χ1v) is 8.79. The zero-order valence-electron chi connectivity index (χ0n) is 14.5. The highest BCUT2D eigenvalue weighted by Crippen LogP contribution is 2.37. The molecule has 25 heavy (non-hydrogen) atoms. The van der Waals surface area contributed by atoms with Gasteiger partial charge in [0.1, 0.15) is 17.3 Å². The standard InChI is InChI=1S/C19H23FN2O3/c1-11-18(10-22-12-3-4-13(22)8-14(23)7-12)21-19(25-11)16-9-15(24-2)5-6-17(16)20/h5-6,9,12-14,23H,3-4,7-8,10H2,1-2H3/t12-,13+,14?. The number of aliphatic hydroxyl groups is 1. The number of hydrogen-bond donors (Lipinski definition) is 1. The van der Waals surface area contributed by atoms with E-state index in [1.165, 1.54) is 6.07 Å². The van der Waals surface area contributed by atoms with Crippen LogP contribution < -0.4 is 4.74 Å². The van der Waals surface area contributed by atoms with Crippen LogP contribution in [0.4, 0.5) is 4.39 Å². The molecule has 2 aliphatic rings. The van der Waals surface area contributed by atoms with Crippen LogP contribution in [0.25, 0.3) is 11.5 Å². The second kappa shape index (κ2) is 6.42. The van der Waals surface area contributed by atoms with E-state index in [4.69, 9.17) is 9.15 Å². The molecule has 1 aromatic carbocycles. The number of hydrogen-bond acceptors (Lipinski definition) is 5.